The van der Waals surface area contributed by atoms with Crippen LogP contribution in [-0.4, -0.2) is 22.8 Å². The van der Waals surface area contributed by atoms with Gasteiger partial charge in [0.2, 0.25) is 0 Å². The Balaban J connectivity index is 1.56. The van der Waals surface area contributed by atoms with Crippen LogP contribution in [0.2, 0.25) is 0 Å². The summed E-state index contributed by atoms with van der Waals surface area (Å²) in [6.45, 7) is 23.2. The Morgan fingerprint density at radius 2 is 1.29 bits per heavy atom. The number of benzene rings is 1. The minimum atomic E-state index is -0.125. The zero-order valence-electron chi connectivity index (χ0n) is 23.9. The maximum Gasteiger partial charge on any atom is 0.123 e. The quantitative estimate of drug-likeness (QED) is 0.455. The molecule has 1 aliphatic carbocycles. The molecule has 3 rings (SSSR count). The average Bonchev–Trinajstić information content (AvgIpc) is 2.65. The highest BCUT2D eigenvalue weighted by Gasteiger charge is 2.41. The van der Waals surface area contributed by atoms with E-state index in [4.69, 9.17) is 4.74 Å². The topological polar surface area (TPSA) is 41.5 Å². The maximum absolute atomic E-state index is 11.0. The van der Waals surface area contributed by atoms with Gasteiger partial charge >= 0.3 is 0 Å². The zero-order valence-corrected chi connectivity index (χ0v) is 23.9. The maximum atomic E-state index is 11.0. The van der Waals surface area contributed by atoms with Gasteiger partial charge in [-0.2, -0.15) is 0 Å². The van der Waals surface area contributed by atoms with Crippen LogP contribution in [0.15, 0.2) is 12.1 Å². The summed E-state index contributed by atoms with van der Waals surface area (Å²) in [5.74, 6) is 3.85. The number of aromatic hydroxyl groups is 1. The molecule has 2 aliphatic rings. The van der Waals surface area contributed by atoms with Gasteiger partial charge in [-0.1, -0.05) is 54.4 Å². The first-order chi connectivity index (χ1) is 15.5. The number of nitrogens with one attached hydrogen (secondary N) is 1. The summed E-state index contributed by atoms with van der Waals surface area (Å²) in [5.41, 5.74) is 2.20. The minimum absolute atomic E-state index is 0.125. The van der Waals surface area contributed by atoms with Gasteiger partial charge < -0.3 is 15.2 Å². The monoisotopic (exact) mass is 471 g/mol. The molecule has 2 N–H and O–H groups in total. The lowest BCUT2D eigenvalue weighted by Gasteiger charge is -2.49. The van der Waals surface area contributed by atoms with Crippen molar-refractivity contribution in [1.29, 1.82) is 0 Å². The van der Waals surface area contributed by atoms with E-state index in [9.17, 15) is 5.11 Å². The SMILES string of the molecule is CC1(C)CC(C2CCC(CCOc3cc(C(C)(C)C)c(O)c(C(C)(C)C)c3)CC2)CC(C)(C)N1. The number of ether oxygens (including phenoxy) is 1. The first-order valence-corrected chi connectivity index (χ1v) is 13.8. The lowest BCUT2D eigenvalue weighted by Crippen LogP contribution is -2.58. The van der Waals surface area contributed by atoms with E-state index in [1.165, 1.54) is 38.5 Å². The van der Waals surface area contributed by atoms with Gasteiger partial charge in [0.25, 0.3) is 0 Å². The van der Waals surface area contributed by atoms with Crippen molar-refractivity contribution in [2.45, 2.75) is 136 Å². The van der Waals surface area contributed by atoms with Crippen LogP contribution in [0.25, 0.3) is 0 Å². The molecule has 0 aromatic heterocycles. The molecule has 0 bridgehead atoms. The van der Waals surface area contributed by atoms with Crippen molar-refractivity contribution < 1.29 is 9.84 Å². The lowest BCUT2D eigenvalue weighted by atomic mass is 9.66. The standard InChI is InChI=1S/C31H53NO2/c1-28(2,3)25-17-24(18-26(27(25)33)29(4,5)6)34-16-15-21-11-13-22(14-12-21)23-19-30(7,8)32-31(9,10)20-23/h17-18,21-23,32-33H,11-16,19-20H2,1-10H3. The van der Waals surface area contributed by atoms with E-state index < -0.39 is 0 Å². The van der Waals surface area contributed by atoms with Crippen LogP contribution in [0.1, 0.15) is 125 Å². The molecule has 1 aromatic rings. The Morgan fingerprint density at radius 1 is 0.824 bits per heavy atom. The molecule has 34 heavy (non-hydrogen) atoms. The fourth-order valence-electron chi connectivity index (χ4n) is 6.86. The highest BCUT2D eigenvalue weighted by molar-refractivity contribution is 5.51. The van der Waals surface area contributed by atoms with Crippen molar-refractivity contribution in [3.63, 3.8) is 0 Å². The Hall–Kier alpha value is -1.22. The van der Waals surface area contributed by atoms with Crippen LogP contribution < -0.4 is 10.1 Å². The van der Waals surface area contributed by atoms with Crippen molar-refractivity contribution in [2.24, 2.45) is 17.8 Å². The summed E-state index contributed by atoms with van der Waals surface area (Å²) in [6, 6.07) is 4.12. The van der Waals surface area contributed by atoms with Crippen LogP contribution in [0, 0.1) is 17.8 Å². The van der Waals surface area contributed by atoms with Gasteiger partial charge in [0.15, 0.2) is 0 Å². The average molecular weight is 472 g/mol. The lowest BCUT2D eigenvalue weighted by molar-refractivity contribution is 0.0681. The van der Waals surface area contributed by atoms with Crippen molar-refractivity contribution in [3.8, 4) is 11.5 Å². The van der Waals surface area contributed by atoms with Gasteiger partial charge in [-0.3, -0.25) is 0 Å². The summed E-state index contributed by atoms with van der Waals surface area (Å²) in [7, 11) is 0. The number of phenols is 1. The van der Waals surface area contributed by atoms with Gasteiger partial charge in [0.05, 0.1) is 6.61 Å². The normalized spacial score (nSPS) is 25.8. The number of hydrogen-bond donors (Lipinski definition) is 2. The molecule has 1 heterocycles. The number of phenolic OH excluding ortho intramolecular Hbond substituents is 1. The van der Waals surface area contributed by atoms with Gasteiger partial charge in [0, 0.05) is 22.2 Å². The first kappa shape index (κ1) is 27.4. The second-order valence-corrected chi connectivity index (χ2v) is 14.8. The molecule has 0 atom stereocenters. The summed E-state index contributed by atoms with van der Waals surface area (Å²) in [4.78, 5) is 0. The fourth-order valence-corrected chi connectivity index (χ4v) is 6.86. The Kier molecular flexibility index (Phi) is 7.79. The van der Waals surface area contributed by atoms with Crippen LogP contribution in [0.4, 0.5) is 0 Å². The van der Waals surface area contributed by atoms with E-state index in [1.807, 2.05) is 0 Å². The fraction of sp³-hybridized carbons (Fsp3) is 0.806. The third-order valence-electron chi connectivity index (χ3n) is 8.27. The molecule has 1 saturated heterocycles. The minimum Gasteiger partial charge on any atom is -0.507 e. The van der Waals surface area contributed by atoms with Crippen LogP contribution in [0.3, 0.4) is 0 Å². The van der Waals surface area contributed by atoms with Gasteiger partial charge in [-0.25, -0.2) is 0 Å². The highest BCUT2D eigenvalue weighted by atomic mass is 16.5. The third kappa shape index (κ3) is 6.93. The molecule has 1 aromatic carbocycles. The first-order valence-electron chi connectivity index (χ1n) is 13.8. The van der Waals surface area contributed by atoms with E-state index in [1.54, 1.807) is 0 Å². The largest absolute Gasteiger partial charge is 0.507 e. The van der Waals surface area contributed by atoms with Crippen LogP contribution in [-0.2, 0) is 10.8 Å². The molecule has 2 fully saturated rings. The molecule has 0 amide bonds. The number of rotatable bonds is 5. The molecule has 0 spiro atoms. The van der Waals surface area contributed by atoms with E-state index in [-0.39, 0.29) is 21.9 Å². The predicted octanol–water partition coefficient (Wildman–Crippen LogP) is 8.12. The van der Waals surface area contributed by atoms with E-state index in [0.717, 1.165) is 47.7 Å². The molecule has 3 heteroatoms. The van der Waals surface area contributed by atoms with E-state index in [2.05, 4.69) is 86.7 Å². The molecular formula is C31H53NO2. The highest BCUT2D eigenvalue weighted by Crippen LogP contribution is 2.44. The van der Waals surface area contributed by atoms with Crippen molar-refractivity contribution >= 4 is 0 Å². The van der Waals surface area contributed by atoms with Crippen LogP contribution in [0.5, 0.6) is 11.5 Å². The smallest absolute Gasteiger partial charge is 0.123 e. The van der Waals surface area contributed by atoms with E-state index >= 15 is 0 Å². The Bertz CT molecular complexity index is 781. The Labute approximate surface area is 210 Å². The van der Waals surface area contributed by atoms with Crippen LogP contribution >= 0.6 is 0 Å². The van der Waals surface area contributed by atoms with Crippen molar-refractivity contribution in [1.82, 2.24) is 5.32 Å². The molecule has 3 nitrogen and oxygen atoms in total. The van der Waals surface area contributed by atoms with E-state index in [0.29, 0.717) is 5.75 Å². The molecule has 1 saturated carbocycles. The summed E-state index contributed by atoms with van der Waals surface area (Å²) in [5, 5.41) is 14.8. The van der Waals surface area contributed by atoms with Gasteiger partial charge in [0.1, 0.15) is 11.5 Å². The number of hydrogen-bond acceptors (Lipinski definition) is 3. The third-order valence-corrected chi connectivity index (χ3v) is 8.27. The summed E-state index contributed by atoms with van der Waals surface area (Å²) < 4.78 is 6.31. The van der Waals surface area contributed by atoms with Gasteiger partial charge in [-0.05, 0) is 101 Å². The van der Waals surface area contributed by atoms with Crippen molar-refractivity contribution in [2.75, 3.05) is 6.61 Å². The molecular weight excluding hydrogens is 418 g/mol. The molecule has 194 valence electrons. The summed E-state index contributed by atoms with van der Waals surface area (Å²) >= 11 is 0. The number of piperidine rings is 1. The second-order valence-electron chi connectivity index (χ2n) is 14.8. The van der Waals surface area contributed by atoms with Gasteiger partial charge in [-0.15, -0.1) is 0 Å². The zero-order chi connectivity index (χ0) is 25.5. The molecule has 1 aliphatic heterocycles. The molecule has 0 unspecified atom stereocenters. The predicted molar refractivity (Wildman–Crippen MR) is 145 cm³/mol. The molecule has 0 radical (unpaired) electrons. The Morgan fingerprint density at radius 3 is 1.74 bits per heavy atom. The summed E-state index contributed by atoms with van der Waals surface area (Å²) in [6.07, 6.45) is 9.19. The second kappa shape index (κ2) is 9.68. The van der Waals surface area contributed by atoms with Crippen molar-refractivity contribution in [3.05, 3.63) is 23.3 Å².